The van der Waals surface area contributed by atoms with Gasteiger partial charge in [-0.25, -0.2) is 4.98 Å². The maximum Gasteiger partial charge on any atom is 0.142 e. The zero-order chi connectivity index (χ0) is 15.7. The van der Waals surface area contributed by atoms with E-state index in [0.29, 0.717) is 27.6 Å². The first-order valence-corrected chi connectivity index (χ1v) is 7.00. The first kappa shape index (κ1) is 14.2. The number of aryl methyl sites for hydroxylation is 1. The number of nitrogens with zero attached hydrogens (tertiary/aromatic N) is 2. The number of anilines is 1. The summed E-state index contributed by atoms with van der Waals surface area (Å²) in [5, 5.41) is 9.92. The van der Waals surface area contributed by atoms with Crippen LogP contribution in [-0.4, -0.2) is 4.98 Å². The number of halogens is 1. The van der Waals surface area contributed by atoms with Crippen molar-refractivity contribution in [1.29, 1.82) is 5.26 Å². The van der Waals surface area contributed by atoms with E-state index in [2.05, 4.69) is 11.1 Å². The molecule has 0 atom stereocenters. The molecule has 2 heterocycles. The lowest BCUT2D eigenvalue weighted by Crippen LogP contribution is -1.99. The van der Waals surface area contributed by atoms with Crippen molar-refractivity contribution in [3.05, 3.63) is 58.8 Å². The molecule has 0 saturated heterocycles. The van der Waals surface area contributed by atoms with Crippen LogP contribution in [0.2, 0.25) is 5.02 Å². The number of hydrogen-bond donors (Lipinski definition) is 1. The highest BCUT2D eigenvalue weighted by atomic mass is 35.5. The summed E-state index contributed by atoms with van der Waals surface area (Å²) in [6.45, 7) is 1.84. The lowest BCUT2D eigenvalue weighted by atomic mass is 10.0. The number of benzene rings is 1. The van der Waals surface area contributed by atoms with Crippen LogP contribution in [0.3, 0.4) is 0 Å². The van der Waals surface area contributed by atoms with Gasteiger partial charge in [-0.15, -0.1) is 0 Å². The number of hydrogen-bond acceptors (Lipinski definition) is 4. The number of furan rings is 1. The van der Waals surface area contributed by atoms with Crippen LogP contribution in [0, 0.1) is 18.3 Å². The fourth-order valence-corrected chi connectivity index (χ4v) is 2.50. The topological polar surface area (TPSA) is 75.8 Å². The molecule has 0 radical (unpaired) electrons. The van der Waals surface area contributed by atoms with E-state index in [1.807, 2.05) is 31.2 Å². The van der Waals surface area contributed by atoms with E-state index in [0.717, 1.165) is 11.3 Å². The molecule has 5 heteroatoms. The number of aromatic nitrogens is 1. The van der Waals surface area contributed by atoms with Gasteiger partial charge in [-0.1, -0.05) is 29.8 Å². The SMILES string of the molecule is Cc1ccc(-c2cc(-c3ccccc3Cl)nc(N)c2C#N)o1. The molecule has 0 fully saturated rings. The van der Waals surface area contributed by atoms with E-state index in [1.54, 1.807) is 18.2 Å². The first-order valence-electron chi connectivity index (χ1n) is 6.62. The number of rotatable bonds is 2. The molecular weight excluding hydrogens is 298 g/mol. The monoisotopic (exact) mass is 309 g/mol. The quantitative estimate of drug-likeness (QED) is 0.760. The first-order chi connectivity index (χ1) is 10.6. The fraction of sp³-hybridized carbons (Fsp3) is 0.0588. The molecule has 3 aromatic rings. The molecule has 1 aromatic carbocycles. The average molecular weight is 310 g/mol. The molecule has 0 amide bonds. The van der Waals surface area contributed by atoms with Gasteiger partial charge in [0.25, 0.3) is 0 Å². The summed E-state index contributed by atoms with van der Waals surface area (Å²) >= 11 is 6.22. The van der Waals surface area contributed by atoms with Crippen LogP contribution in [0.1, 0.15) is 11.3 Å². The Balaban J connectivity index is 2.26. The zero-order valence-electron chi connectivity index (χ0n) is 11.8. The second-order valence-electron chi connectivity index (χ2n) is 4.82. The largest absolute Gasteiger partial charge is 0.461 e. The van der Waals surface area contributed by atoms with E-state index in [1.165, 1.54) is 0 Å². The molecule has 4 nitrogen and oxygen atoms in total. The molecule has 2 N–H and O–H groups in total. The molecule has 22 heavy (non-hydrogen) atoms. The maximum atomic E-state index is 9.35. The van der Waals surface area contributed by atoms with Gasteiger partial charge >= 0.3 is 0 Å². The molecule has 108 valence electrons. The van der Waals surface area contributed by atoms with Crippen LogP contribution in [0.5, 0.6) is 0 Å². The van der Waals surface area contributed by atoms with Gasteiger partial charge in [0, 0.05) is 16.1 Å². The molecule has 0 aliphatic carbocycles. The third-order valence-electron chi connectivity index (χ3n) is 3.31. The Labute approximate surface area is 132 Å². The van der Waals surface area contributed by atoms with Crippen molar-refractivity contribution in [2.75, 3.05) is 5.73 Å². The van der Waals surface area contributed by atoms with Crippen LogP contribution in [0.25, 0.3) is 22.6 Å². The average Bonchev–Trinajstić information content (AvgIpc) is 2.93. The molecule has 0 aliphatic rings. The van der Waals surface area contributed by atoms with Gasteiger partial charge in [0.05, 0.1) is 5.69 Å². The van der Waals surface area contributed by atoms with Crippen LogP contribution in [0.15, 0.2) is 46.9 Å². The standard InChI is InChI=1S/C17H12ClN3O/c1-10-6-7-16(22-10)12-8-15(21-17(20)13(12)9-19)11-4-2-3-5-14(11)18/h2-8H,1H3,(H2,20,21). The van der Waals surface area contributed by atoms with Crippen LogP contribution in [-0.2, 0) is 0 Å². The van der Waals surface area contributed by atoms with Crippen LogP contribution < -0.4 is 5.73 Å². The van der Waals surface area contributed by atoms with Gasteiger partial charge < -0.3 is 10.2 Å². The Morgan fingerprint density at radius 3 is 2.59 bits per heavy atom. The van der Waals surface area contributed by atoms with E-state index in [4.69, 9.17) is 21.8 Å². The van der Waals surface area contributed by atoms with E-state index < -0.39 is 0 Å². The fourth-order valence-electron chi connectivity index (χ4n) is 2.26. The van der Waals surface area contributed by atoms with Gasteiger partial charge in [-0.2, -0.15) is 5.26 Å². The second kappa shape index (κ2) is 5.55. The minimum absolute atomic E-state index is 0.156. The molecule has 0 unspecified atom stereocenters. The highest BCUT2D eigenvalue weighted by molar-refractivity contribution is 6.33. The van der Waals surface area contributed by atoms with Crippen LogP contribution in [0.4, 0.5) is 5.82 Å². The van der Waals surface area contributed by atoms with Gasteiger partial charge in [0.2, 0.25) is 0 Å². The van der Waals surface area contributed by atoms with Crippen LogP contribution >= 0.6 is 11.6 Å². The predicted molar refractivity (Wildman–Crippen MR) is 86.2 cm³/mol. The summed E-state index contributed by atoms with van der Waals surface area (Å²) in [6.07, 6.45) is 0. The molecule has 0 aliphatic heterocycles. The molecule has 0 bridgehead atoms. The van der Waals surface area contributed by atoms with Crippen molar-refractivity contribution < 1.29 is 4.42 Å². The third-order valence-corrected chi connectivity index (χ3v) is 3.64. The Hall–Kier alpha value is -2.77. The maximum absolute atomic E-state index is 9.35. The van der Waals surface area contributed by atoms with Crippen molar-refractivity contribution in [2.45, 2.75) is 6.92 Å². The Morgan fingerprint density at radius 2 is 1.95 bits per heavy atom. The van der Waals surface area contributed by atoms with Crippen molar-refractivity contribution >= 4 is 17.4 Å². The number of nitrogens with two attached hydrogens (primary N) is 1. The summed E-state index contributed by atoms with van der Waals surface area (Å²) in [4.78, 5) is 4.30. The molecular formula is C17H12ClN3O. The Bertz CT molecular complexity index is 893. The molecule has 0 saturated carbocycles. The van der Waals surface area contributed by atoms with Gasteiger partial charge in [0.15, 0.2) is 0 Å². The number of nitrogen functional groups attached to an aromatic ring is 1. The summed E-state index contributed by atoms with van der Waals surface area (Å²) in [6, 6.07) is 14.8. The van der Waals surface area contributed by atoms with Gasteiger partial charge in [0.1, 0.15) is 29.0 Å². The highest BCUT2D eigenvalue weighted by Gasteiger charge is 2.16. The number of pyridine rings is 1. The second-order valence-corrected chi connectivity index (χ2v) is 5.22. The van der Waals surface area contributed by atoms with E-state index in [9.17, 15) is 5.26 Å². The number of nitriles is 1. The summed E-state index contributed by atoms with van der Waals surface area (Å²) in [5.74, 6) is 1.49. The van der Waals surface area contributed by atoms with Crippen molar-refractivity contribution in [2.24, 2.45) is 0 Å². The van der Waals surface area contributed by atoms with E-state index >= 15 is 0 Å². The molecule has 3 rings (SSSR count). The van der Waals surface area contributed by atoms with Gasteiger partial charge in [-0.05, 0) is 31.2 Å². The van der Waals surface area contributed by atoms with Crippen molar-refractivity contribution in [3.63, 3.8) is 0 Å². The van der Waals surface area contributed by atoms with E-state index in [-0.39, 0.29) is 5.82 Å². The Morgan fingerprint density at radius 1 is 1.18 bits per heavy atom. The third kappa shape index (κ3) is 2.43. The minimum atomic E-state index is 0.156. The zero-order valence-corrected chi connectivity index (χ0v) is 12.6. The smallest absolute Gasteiger partial charge is 0.142 e. The summed E-state index contributed by atoms with van der Waals surface area (Å²) < 4.78 is 5.62. The minimum Gasteiger partial charge on any atom is -0.461 e. The summed E-state index contributed by atoms with van der Waals surface area (Å²) in [7, 11) is 0. The molecule has 0 spiro atoms. The van der Waals surface area contributed by atoms with Crippen molar-refractivity contribution in [1.82, 2.24) is 4.98 Å². The van der Waals surface area contributed by atoms with Crippen molar-refractivity contribution in [3.8, 4) is 28.7 Å². The normalized spacial score (nSPS) is 10.4. The van der Waals surface area contributed by atoms with Gasteiger partial charge in [-0.3, -0.25) is 0 Å². The lowest BCUT2D eigenvalue weighted by molar-refractivity contribution is 0.548. The summed E-state index contributed by atoms with van der Waals surface area (Å²) in [5.41, 5.74) is 8.21. The predicted octanol–water partition coefficient (Wildman–Crippen LogP) is 4.42. The lowest BCUT2D eigenvalue weighted by Gasteiger charge is -2.09. The highest BCUT2D eigenvalue weighted by Crippen LogP contribution is 2.34. The Kier molecular flexibility index (Phi) is 3.58. The molecule has 2 aromatic heterocycles.